The lowest BCUT2D eigenvalue weighted by Gasteiger charge is -2.06. The Morgan fingerprint density at radius 2 is 1.90 bits per heavy atom. The lowest BCUT2D eigenvalue weighted by molar-refractivity contribution is -0.138. The van der Waals surface area contributed by atoms with E-state index in [0.29, 0.717) is 24.9 Å². The number of Topliss-reactive ketones (excluding diaryl/α,β-unsaturated/α-hetero) is 1. The molecule has 20 heavy (non-hydrogen) atoms. The molecule has 1 atom stereocenters. The van der Waals surface area contributed by atoms with Gasteiger partial charge in [0.15, 0.2) is 5.78 Å². The molecule has 0 fully saturated rings. The Bertz CT molecular complexity index is 658. The molecule has 3 rings (SSSR count). The van der Waals surface area contributed by atoms with Gasteiger partial charge in [0, 0.05) is 23.5 Å². The van der Waals surface area contributed by atoms with Gasteiger partial charge in [-0.3, -0.25) is 9.59 Å². The van der Waals surface area contributed by atoms with Crippen molar-refractivity contribution in [3.63, 3.8) is 0 Å². The summed E-state index contributed by atoms with van der Waals surface area (Å²) in [4.78, 5) is 23.3. The van der Waals surface area contributed by atoms with Crippen LogP contribution < -0.4 is 0 Å². The van der Waals surface area contributed by atoms with Crippen LogP contribution in [-0.2, 0) is 17.8 Å². The molecule has 0 amide bonds. The maximum absolute atomic E-state index is 12.2. The van der Waals surface area contributed by atoms with Gasteiger partial charge in [0.25, 0.3) is 0 Å². The van der Waals surface area contributed by atoms with Gasteiger partial charge in [-0.2, -0.15) is 0 Å². The van der Waals surface area contributed by atoms with Crippen LogP contribution in [0.4, 0.5) is 0 Å². The average molecular weight is 269 g/mol. The molecule has 1 unspecified atom stereocenters. The average Bonchev–Trinajstić information content (AvgIpc) is 3.02. The first kappa shape index (κ1) is 12.7. The summed E-state index contributed by atoms with van der Waals surface area (Å²) >= 11 is 0. The van der Waals surface area contributed by atoms with E-state index in [1.54, 1.807) is 12.1 Å². The van der Waals surface area contributed by atoms with E-state index >= 15 is 0 Å². The fourth-order valence-corrected chi connectivity index (χ4v) is 2.81. The summed E-state index contributed by atoms with van der Waals surface area (Å²) in [6.07, 6.45) is 0.925. The second kappa shape index (κ2) is 4.96. The predicted octanol–water partition coefficient (Wildman–Crippen LogP) is 2.49. The van der Waals surface area contributed by atoms with E-state index in [9.17, 15) is 9.59 Å². The minimum atomic E-state index is -0.789. The number of carbonyl (C=O) groups excluding carboxylic acids is 1. The van der Waals surface area contributed by atoms with Crippen LogP contribution in [0.3, 0.4) is 0 Å². The SMILES string of the molecule is O=C(Cc1ccc2n1CCC2C(=O)O)c1ccccc1. The number of nitrogens with zero attached hydrogens (tertiary/aromatic N) is 1. The van der Waals surface area contributed by atoms with Crippen molar-refractivity contribution in [3.05, 3.63) is 59.4 Å². The van der Waals surface area contributed by atoms with E-state index in [4.69, 9.17) is 5.11 Å². The lowest BCUT2D eigenvalue weighted by atomic mass is 10.1. The van der Waals surface area contributed by atoms with Crippen LogP contribution in [0.1, 0.15) is 34.1 Å². The molecule has 2 aromatic rings. The number of carbonyl (C=O) groups is 2. The van der Waals surface area contributed by atoms with Gasteiger partial charge >= 0.3 is 5.97 Å². The van der Waals surface area contributed by atoms with Crippen molar-refractivity contribution < 1.29 is 14.7 Å². The van der Waals surface area contributed by atoms with Crippen LogP contribution in [0, 0.1) is 0 Å². The van der Waals surface area contributed by atoms with Crippen LogP contribution in [-0.4, -0.2) is 21.4 Å². The fraction of sp³-hybridized carbons (Fsp3) is 0.250. The Kier molecular flexibility index (Phi) is 3.14. The number of hydrogen-bond donors (Lipinski definition) is 1. The highest BCUT2D eigenvalue weighted by molar-refractivity contribution is 5.97. The molecule has 102 valence electrons. The van der Waals surface area contributed by atoms with Gasteiger partial charge in [-0.1, -0.05) is 30.3 Å². The number of fused-ring (bicyclic) bond motifs is 1. The minimum Gasteiger partial charge on any atom is -0.481 e. The van der Waals surface area contributed by atoms with E-state index in [1.165, 1.54) is 0 Å². The normalized spacial score (nSPS) is 16.9. The number of hydrogen-bond acceptors (Lipinski definition) is 2. The van der Waals surface area contributed by atoms with Crippen LogP contribution >= 0.6 is 0 Å². The third kappa shape index (κ3) is 2.13. The van der Waals surface area contributed by atoms with E-state index < -0.39 is 11.9 Å². The highest BCUT2D eigenvalue weighted by Crippen LogP contribution is 2.31. The second-order valence-electron chi connectivity index (χ2n) is 5.05. The fourth-order valence-electron chi connectivity index (χ4n) is 2.81. The van der Waals surface area contributed by atoms with Crippen LogP contribution in [0.15, 0.2) is 42.5 Å². The molecule has 1 aromatic carbocycles. The summed E-state index contributed by atoms with van der Waals surface area (Å²) in [5.74, 6) is -1.16. The van der Waals surface area contributed by atoms with Crippen molar-refractivity contribution in [1.29, 1.82) is 0 Å². The zero-order valence-corrected chi connectivity index (χ0v) is 11.0. The summed E-state index contributed by atoms with van der Waals surface area (Å²) < 4.78 is 1.97. The monoisotopic (exact) mass is 269 g/mol. The summed E-state index contributed by atoms with van der Waals surface area (Å²) in [5, 5.41) is 9.15. The molecule has 4 nitrogen and oxygen atoms in total. The molecule has 4 heteroatoms. The van der Waals surface area contributed by atoms with Crippen LogP contribution in [0.25, 0.3) is 0 Å². The van der Waals surface area contributed by atoms with E-state index in [-0.39, 0.29) is 5.78 Å². The maximum Gasteiger partial charge on any atom is 0.312 e. The standard InChI is InChI=1S/C16H15NO3/c18-15(11-4-2-1-3-5-11)10-12-6-7-14-13(16(19)20)8-9-17(12)14/h1-7,13H,8-10H2,(H,19,20). The Balaban J connectivity index is 1.82. The molecule has 0 saturated heterocycles. The van der Waals surface area contributed by atoms with Gasteiger partial charge in [-0.25, -0.2) is 0 Å². The Labute approximate surface area is 116 Å². The third-order valence-electron chi connectivity index (χ3n) is 3.84. The highest BCUT2D eigenvalue weighted by Gasteiger charge is 2.30. The minimum absolute atomic E-state index is 0.0604. The molecule has 0 bridgehead atoms. The van der Waals surface area contributed by atoms with Gasteiger partial charge in [-0.15, -0.1) is 0 Å². The van der Waals surface area contributed by atoms with Gasteiger partial charge in [0.05, 0.1) is 12.3 Å². The number of ketones is 1. The number of benzene rings is 1. The van der Waals surface area contributed by atoms with Crippen molar-refractivity contribution in [2.75, 3.05) is 0 Å². The Morgan fingerprint density at radius 3 is 2.60 bits per heavy atom. The Hall–Kier alpha value is -2.36. The second-order valence-corrected chi connectivity index (χ2v) is 5.05. The first-order chi connectivity index (χ1) is 9.66. The first-order valence-electron chi connectivity index (χ1n) is 6.66. The molecule has 2 heterocycles. The van der Waals surface area contributed by atoms with Crippen molar-refractivity contribution in [3.8, 4) is 0 Å². The Morgan fingerprint density at radius 1 is 1.15 bits per heavy atom. The van der Waals surface area contributed by atoms with Gasteiger partial charge < -0.3 is 9.67 Å². The van der Waals surface area contributed by atoms with Crippen LogP contribution in [0.2, 0.25) is 0 Å². The smallest absolute Gasteiger partial charge is 0.312 e. The number of rotatable bonds is 4. The van der Waals surface area contributed by atoms with Gasteiger partial charge in [0.2, 0.25) is 0 Å². The summed E-state index contributed by atoms with van der Waals surface area (Å²) in [6, 6.07) is 12.9. The van der Waals surface area contributed by atoms with E-state index in [2.05, 4.69) is 0 Å². The summed E-state index contributed by atoms with van der Waals surface area (Å²) in [6.45, 7) is 0.677. The molecule has 0 spiro atoms. The van der Waals surface area contributed by atoms with Crippen LogP contribution in [0.5, 0.6) is 0 Å². The molecule has 0 aliphatic carbocycles. The quantitative estimate of drug-likeness (QED) is 0.867. The van der Waals surface area contributed by atoms with E-state index in [1.807, 2.05) is 34.9 Å². The molecule has 0 radical (unpaired) electrons. The van der Waals surface area contributed by atoms with E-state index in [0.717, 1.165) is 11.4 Å². The number of aliphatic carboxylic acids is 1. The van der Waals surface area contributed by atoms with Gasteiger partial charge in [-0.05, 0) is 18.6 Å². The molecule has 0 saturated carbocycles. The molecular weight excluding hydrogens is 254 g/mol. The molecule has 1 N–H and O–H groups in total. The summed E-state index contributed by atoms with van der Waals surface area (Å²) in [7, 11) is 0. The topological polar surface area (TPSA) is 59.3 Å². The molecule has 1 aliphatic rings. The molecular formula is C16H15NO3. The van der Waals surface area contributed by atoms with Crippen molar-refractivity contribution in [2.24, 2.45) is 0 Å². The van der Waals surface area contributed by atoms with Gasteiger partial charge in [0.1, 0.15) is 0 Å². The van der Waals surface area contributed by atoms with Crippen molar-refractivity contribution in [2.45, 2.75) is 25.3 Å². The zero-order valence-electron chi connectivity index (χ0n) is 11.0. The third-order valence-corrected chi connectivity index (χ3v) is 3.84. The highest BCUT2D eigenvalue weighted by atomic mass is 16.4. The lowest BCUT2D eigenvalue weighted by Crippen LogP contribution is -2.09. The number of carboxylic acids is 1. The maximum atomic E-state index is 12.2. The summed E-state index contributed by atoms with van der Waals surface area (Å²) in [5.41, 5.74) is 2.40. The largest absolute Gasteiger partial charge is 0.481 e. The first-order valence-corrected chi connectivity index (χ1v) is 6.66. The zero-order chi connectivity index (χ0) is 14.1. The molecule has 1 aliphatic heterocycles. The number of carboxylic acid groups (broad SMARTS) is 1. The van der Waals surface area contributed by atoms with Crippen molar-refractivity contribution in [1.82, 2.24) is 4.57 Å². The van der Waals surface area contributed by atoms with Crippen molar-refractivity contribution >= 4 is 11.8 Å². The number of aromatic nitrogens is 1. The predicted molar refractivity (Wildman–Crippen MR) is 73.9 cm³/mol. The molecule has 1 aromatic heterocycles.